The third kappa shape index (κ3) is 4.84. The highest BCUT2D eigenvalue weighted by Gasteiger charge is 2.12. The standard InChI is InChI=1S/C22H20FNO3S/c1-26-20(13-21(25)27-2)19-6-4-3-5-15(19)9-12-18-14-28-22(24-18)16-7-10-17(23)11-8-16/h3-8,10-11,13-14H,9,12H2,1-2H3/b20-13+. The zero-order chi connectivity index (χ0) is 19.9. The summed E-state index contributed by atoms with van der Waals surface area (Å²) in [6.07, 6.45) is 2.82. The number of aryl methyl sites for hydroxylation is 2. The molecule has 0 aliphatic rings. The van der Waals surface area contributed by atoms with Crippen LogP contribution in [0, 0.1) is 5.82 Å². The number of esters is 1. The first-order valence-electron chi connectivity index (χ1n) is 8.73. The monoisotopic (exact) mass is 397 g/mol. The largest absolute Gasteiger partial charge is 0.496 e. The Hall–Kier alpha value is -2.99. The maximum absolute atomic E-state index is 13.1. The van der Waals surface area contributed by atoms with E-state index in [2.05, 4.69) is 4.98 Å². The molecule has 0 N–H and O–H groups in total. The summed E-state index contributed by atoms with van der Waals surface area (Å²) < 4.78 is 23.2. The van der Waals surface area contributed by atoms with Gasteiger partial charge in [0.2, 0.25) is 0 Å². The fourth-order valence-corrected chi connectivity index (χ4v) is 3.66. The molecule has 6 heteroatoms. The first kappa shape index (κ1) is 19.8. The van der Waals surface area contributed by atoms with Crippen LogP contribution in [0.4, 0.5) is 4.39 Å². The highest BCUT2D eigenvalue weighted by molar-refractivity contribution is 7.13. The van der Waals surface area contributed by atoms with Crippen LogP contribution >= 0.6 is 11.3 Å². The lowest BCUT2D eigenvalue weighted by molar-refractivity contribution is -0.134. The zero-order valence-electron chi connectivity index (χ0n) is 15.6. The quantitative estimate of drug-likeness (QED) is 0.323. The molecule has 144 valence electrons. The van der Waals surface area contributed by atoms with Crippen molar-refractivity contribution in [3.63, 3.8) is 0 Å². The molecule has 0 atom stereocenters. The van der Waals surface area contributed by atoms with Crippen molar-refractivity contribution in [3.05, 3.63) is 82.6 Å². The number of hydrogen-bond donors (Lipinski definition) is 0. The second-order valence-corrected chi connectivity index (χ2v) is 6.90. The molecule has 0 aliphatic carbocycles. The topological polar surface area (TPSA) is 48.4 Å². The van der Waals surface area contributed by atoms with Gasteiger partial charge in [0, 0.05) is 16.5 Å². The zero-order valence-corrected chi connectivity index (χ0v) is 16.5. The molecule has 1 aromatic heterocycles. The Morgan fingerprint density at radius 2 is 1.82 bits per heavy atom. The van der Waals surface area contributed by atoms with Gasteiger partial charge in [-0.25, -0.2) is 14.2 Å². The Morgan fingerprint density at radius 1 is 1.07 bits per heavy atom. The summed E-state index contributed by atoms with van der Waals surface area (Å²) in [5.41, 5.74) is 3.77. The molecular formula is C22H20FNO3S. The van der Waals surface area contributed by atoms with Gasteiger partial charge in [0.25, 0.3) is 0 Å². The Kier molecular flexibility index (Phi) is 6.55. The number of carbonyl (C=O) groups is 1. The van der Waals surface area contributed by atoms with E-state index in [4.69, 9.17) is 9.47 Å². The van der Waals surface area contributed by atoms with Gasteiger partial charge < -0.3 is 9.47 Å². The van der Waals surface area contributed by atoms with E-state index < -0.39 is 5.97 Å². The van der Waals surface area contributed by atoms with E-state index in [1.54, 1.807) is 12.1 Å². The minimum Gasteiger partial charge on any atom is -0.496 e. The molecule has 0 unspecified atom stereocenters. The van der Waals surface area contributed by atoms with Gasteiger partial charge >= 0.3 is 5.97 Å². The minimum atomic E-state index is -0.463. The van der Waals surface area contributed by atoms with E-state index in [9.17, 15) is 9.18 Å². The van der Waals surface area contributed by atoms with Crippen LogP contribution in [0.15, 0.2) is 60.0 Å². The third-order valence-electron chi connectivity index (χ3n) is 4.25. The van der Waals surface area contributed by atoms with E-state index in [1.807, 2.05) is 29.6 Å². The molecule has 0 aliphatic heterocycles. The number of hydrogen-bond acceptors (Lipinski definition) is 5. The number of nitrogens with zero attached hydrogens (tertiary/aromatic N) is 1. The van der Waals surface area contributed by atoms with Crippen molar-refractivity contribution in [3.8, 4) is 10.6 Å². The van der Waals surface area contributed by atoms with Crippen molar-refractivity contribution in [2.45, 2.75) is 12.8 Å². The molecule has 2 aromatic carbocycles. The molecule has 0 saturated heterocycles. The van der Waals surface area contributed by atoms with Crippen molar-refractivity contribution in [1.29, 1.82) is 0 Å². The summed E-state index contributed by atoms with van der Waals surface area (Å²) >= 11 is 1.54. The van der Waals surface area contributed by atoms with Gasteiger partial charge in [0.1, 0.15) is 16.6 Å². The molecule has 1 heterocycles. The molecule has 3 rings (SSSR count). The van der Waals surface area contributed by atoms with Crippen LogP contribution in [0.1, 0.15) is 16.8 Å². The third-order valence-corrected chi connectivity index (χ3v) is 5.19. The Morgan fingerprint density at radius 3 is 2.54 bits per heavy atom. The van der Waals surface area contributed by atoms with Gasteiger partial charge in [-0.1, -0.05) is 24.3 Å². The first-order valence-corrected chi connectivity index (χ1v) is 9.61. The molecule has 0 amide bonds. The summed E-state index contributed by atoms with van der Waals surface area (Å²) in [4.78, 5) is 16.3. The van der Waals surface area contributed by atoms with Crippen LogP contribution in [0.2, 0.25) is 0 Å². The maximum Gasteiger partial charge on any atom is 0.334 e. The molecule has 0 bridgehead atoms. The number of benzene rings is 2. The lowest BCUT2D eigenvalue weighted by atomic mass is 10.0. The summed E-state index contributed by atoms with van der Waals surface area (Å²) in [7, 11) is 2.86. The fourth-order valence-electron chi connectivity index (χ4n) is 2.80. The van der Waals surface area contributed by atoms with Crippen molar-refractivity contribution in [2.24, 2.45) is 0 Å². The van der Waals surface area contributed by atoms with Gasteiger partial charge in [-0.2, -0.15) is 0 Å². The summed E-state index contributed by atoms with van der Waals surface area (Å²) in [5, 5.41) is 2.88. The van der Waals surface area contributed by atoms with Crippen LogP contribution in [0.3, 0.4) is 0 Å². The van der Waals surface area contributed by atoms with Gasteiger partial charge in [-0.3, -0.25) is 0 Å². The smallest absolute Gasteiger partial charge is 0.334 e. The first-order chi connectivity index (χ1) is 13.6. The van der Waals surface area contributed by atoms with Crippen molar-refractivity contribution in [1.82, 2.24) is 4.98 Å². The van der Waals surface area contributed by atoms with E-state index in [0.29, 0.717) is 5.76 Å². The van der Waals surface area contributed by atoms with Crippen LogP contribution in [0.25, 0.3) is 16.3 Å². The van der Waals surface area contributed by atoms with Crippen molar-refractivity contribution < 1.29 is 18.7 Å². The molecule has 0 spiro atoms. The normalized spacial score (nSPS) is 11.3. The number of halogens is 1. The Bertz CT molecular complexity index is 979. The molecule has 0 saturated carbocycles. The minimum absolute atomic E-state index is 0.258. The van der Waals surface area contributed by atoms with Crippen LogP contribution < -0.4 is 0 Å². The highest BCUT2D eigenvalue weighted by atomic mass is 32.1. The molecule has 4 nitrogen and oxygen atoms in total. The Balaban J connectivity index is 1.76. The Labute approximate surface area is 167 Å². The number of rotatable bonds is 7. The average Bonchev–Trinajstić information content (AvgIpc) is 3.20. The summed E-state index contributed by atoms with van der Waals surface area (Å²) in [6.45, 7) is 0. The fraction of sp³-hybridized carbons (Fsp3) is 0.182. The molecular weight excluding hydrogens is 377 g/mol. The maximum atomic E-state index is 13.1. The van der Waals surface area contributed by atoms with E-state index in [0.717, 1.165) is 40.2 Å². The second kappa shape index (κ2) is 9.28. The van der Waals surface area contributed by atoms with Gasteiger partial charge in [-0.05, 0) is 42.7 Å². The lowest BCUT2D eigenvalue weighted by Gasteiger charge is -2.11. The number of methoxy groups -OCH3 is 2. The predicted octanol–water partition coefficient (Wildman–Crippen LogP) is 4.89. The number of aromatic nitrogens is 1. The van der Waals surface area contributed by atoms with Gasteiger partial charge in [-0.15, -0.1) is 11.3 Å². The van der Waals surface area contributed by atoms with Crippen LogP contribution in [-0.2, 0) is 27.1 Å². The molecule has 0 radical (unpaired) electrons. The lowest BCUT2D eigenvalue weighted by Crippen LogP contribution is -2.02. The van der Waals surface area contributed by atoms with Crippen LogP contribution in [-0.4, -0.2) is 25.2 Å². The van der Waals surface area contributed by atoms with Crippen molar-refractivity contribution >= 4 is 23.1 Å². The highest BCUT2D eigenvalue weighted by Crippen LogP contribution is 2.26. The SMILES string of the molecule is COC(=O)/C=C(/OC)c1ccccc1CCc1csc(-c2ccc(F)cc2)n1. The molecule has 28 heavy (non-hydrogen) atoms. The van der Waals surface area contributed by atoms with E-state index in [-0.39, 0.29) is 5.82 Å². The number of thiazole rings is 1. The van der Waals surface area contributed by atoms with E-state index in [1.165, 1.54) is 43.8 Å². The van der Waals surface area contributed by atoms with Crippen molar-refractivity contribution in [2.75, 3.05) is 14.2 Å². The average molecular weight is 397 g/mol. The number of ether oxygens (including phenoxy) is 2. The molecule has 0 fully saturated rings. The second-order valence-electron chi connectivity index (χ2n) is 6.04. The number of carbonyl (C=O) groups excluding carboxylic acids is 1. The van der Waals surface area contributed by atoms with E-state index >= 15 is 0 Å². The molecule has 3 aromatic rings. The predicted molar refractivity (Wildman–Crippen MR) is 108 cm³/mol. The summed E-state index contributed by atoms with van der Waals surface area (Å²) in [6, 6.07) is 14.1. The van der Waals surface area contributed by atoms with Gasteiger partial charge in [0.15, 0.2) is 0 Å². The van der Waals surface area contributed by atoms with Crippen LogP contribution in [0.5, 0.6) is 0 Å². The van der Waals surface area contributed by atoms with Gasteiger partial charge in [0.05, 0.1) is 26.0 Å². The summed E-state index contributed by atoms with van der Waals surface area (Å²) in [5.74, 6) is -0.256.